The van der Waals surface area contributed by atoms with E-state index >= 15 is 0 Å². The monoisotopic (exact) mass is 235 g/mol. The van der Waals surface area contributed by atoms with Gasteiger partial charge in [-0.15, -0.1) is 0 Å². The first kappa shape index (κ1) is 8.57. The number of hydrogen-bond acceptors (Lipinski definition) is 1. The zero-order chi connectivity index (χ0) is 9.10. The maximum absolute atomic E-state index is 3.42. The zero-order valence-corrected chi connectivity index (χ0v) is 8.66. The van der Waals surface area contributed by atoms with Gasteiger partial charge in [0.05, 0.1) is 6.04 Å². The SMILES string of the molecule is Brc1ccc(C2C=CC=CN2)cc1. The van der Waals surface area contributed by atoms with Gasteiger partial charge in [-0.1, -0.05) is 40.2 Å². The van der Waals surface area contributed by atoms with E-state index in [2.05, 4.69) is 57.7 Å². The molecule has 66 valence electrons. The number of allylic oxidation sites excluding steroid dienone is 2. The quantitative estimate of drug-likeness (QED) is 0.789. The number of dihydropyridines is 1. The summed E-state index contributed by atoms with van der Waals surface area (Å²) >= 11 is 3.42. The molecule has 1 aliphatic heterocycles. The molecule has 0 bridgehead atoms. The van der Waals surface area contributed by atoms with E-state index in [1.807, 2.05) is 12.3 Å². The number of halogens is 1. The minimum absolute atomic E-state index is 0.318. The lowest BCUT2D eigenvalue weighted by molar-refractivity contribution is 0.746. The van der Waals surface area contributed by atoms with Crippen molar-refractivity contribution in [3.05, 3.63) is 58.7 Å². The van der Waals surface area contributed by atoms with Crippen molar-refractivity contribution < 1.29 is 0 Å². The molecule has 0 spiro atoms. The Bertz CT molecular complexity index is 338. The largest absolute Gasteiger partial charge is 0.381 e. The van der Waals surface area contributed by atoms with Crippen LogP contribution in [0.25, 0.3) is 0 Å². The minimum atomic E-state index is 0.318. The van der Waals surface area contributed by atoms with Crippen LogP contribution in [0, 0.1) is 0 Å². The Morgan fingerprint density at radius 2 is 1.85 bits per heavy atom. The Balaban J connectivity index is 2.21. The van der Waals surface area contributed by atoms with Crippen molar-refractivity contribution in [3.8, 4) is 0 Å². The van der Waals surface area contributed by atoms with Gasteiger partial charge >= 0.3 is 0 Å². The number of benzene rings is 1. The van der Waals surface area contributed by atoms with Crippen molar-refractivity contribution in [2.24, 2.45) is 0 Å². The first-order valence-corrected chi connectivity index (χ1v) is 5.00. The van der Waals surface area contributed by atoms with Crippen molar-refractivity contribution in [1.82, 2.24) is 5.32 Å². The minimum Gasteiger partial charge on any atom is -0.381 e. The summed E-state index contributed by atoms with van der Waals surface area (Å²) in [5, 5.41) is 3.27. The Morgan fingerprint density at radius 3 is 2.46 bits per heavy atom. The highest BCUT2D eigenvalue weighted by Gasteiger charge is 2.05. The van der Waals surface area contributed by atoms with E-state index in [-0.39, 0.29) is 0 Å². The third-order valence-corrected chi connectivity index (χ3v) is 2.54. The smallest absolute Gasteiger partial charge is 0.0695 e. The van der Waals surface area contributed by atoms with Crippen molar-refractivity contribution >= 4 is 15.9 Å². The molecule has 1 heterocycles. The molecule has 2 rings (SSSR count). The van der Waals surface area contributed by atoms with Crippen LogP contribution in [-0.4, -0.2) is 0 Å². The van der Waals surface area contributed by atoms with Crippen LogP contribution in [0.5, 0.6) is 0 Å². The standard InChI is InChI=1S/C11H10BrN/c12-10-6-4-9(5-7-10)11-3-1-2-8-13-11/h1-8,11,13H. The average molecular weight is 236 g/mol. The molecule has 0 aliphatic carbocycles. The van der Waals surface area contributed by atoms with Crippen molar-refractivity contribution in [2.75, 3.05) is 0 Å². The van der Waals surface area contributed by atoms with E-state index in [9.17, 15) is 0 Å². The molecular weight excluding hydrogens is 226 g/mol. The molecule has 0 radical (unpaired) electrons. The van der Waals surface area contributed by atoms with Gasteiger partial charge in [0, 0.05) is 4.47 Å². The van der Waals surface area contributed by atoms with E-state index in [0.717, 1.165) is 4.47 Å². The van der Waals surface area contributed by atoms with Crippen molar-refractivity contribution in [1.29, 1.82) is 0 Å². The van der Waals surface area contributed by atoms with Crippen LogP contribution < -0.4 is 5.32 Å². The second-order valence-corrected chi connectivity index (χ2v) is 3.86. The van der Waals surface area contributed by atoms with Gasteiger partial charge in [0.25, 0.3) is 0 Å². The Labute approximate surface area is 86.3 Å². The topological polar surface area (TPSA) is 12.0 Å². The highest BCUT2D eigenvalue weighted by Crippen LogP contribution is 2.19. The third-order valence-electron chi connectivity index (χ3n) is 2.02. The molecule has 0 saturated carbocycles. The third kappa shape index (κ3) is 2.01. The van der Waals surface area contributed by atoms with Crippen LogP contribution >= 0.6 is 15.9 Å². The summed E-state index contributed by atoms with van der Waals surface area (Å²) < 4.78 is 1.12. The fraction of sp³-hybridized carbons (Fsp3) is 0.0909. The van der Waals surface area contributed by atoms with Gasteiger partial charge in [-0.3, -0.25) is 0 Å². The average Bonchev–Trinajstić information content (AvgIpc) is 2.20. The summed E-state index contributed by atoms with van der Waals surface area (Å²) in [6.07, 6.45) is 8.16. The normalized spacial score (nSPS) is 19.9. The summed E-state index contributed by atoms with van der Waals surface area (Å²) in [7, 11) is 0. The van der Waals surface area contributed by atoms with E-state index in [1.54, 1.807) is 0 Å². The molecule has 0 aromatic heterocycles. The van der Waals surface area contributed by atoms with Crippen LogP contribution in [0.3, 0.4) is 0 Å². The molecule has 2 heteroatoms. The fourth-order valence-electron chi connectivity index (χ4n) is 1.32. The summed E-state index contributed by atoms with van der Waals surface area (Å²) in [6.45, 7) is 0. The van der Waals surface area contributed by atoms with Crippen LogP contribution in [0.1, 0.15) is 11.6 Å². The second-order valence-electron chi connectivity index (χ2n) is 2.94. The van der Waals surface area contributed by atoms with E-state index < -0.39 is 0 Å². The molecule has 13 heavy (non-hydrogen) atoms. The molecule has 1 aromatic carbocycles. The maximum Gasteiger partial charge on any atom is 0.0695 e. The summed E-state index contributed by atoms with van der Waals surface area (Å²) in [5.74, 6) is 0. The lowest BCUT2D eigenvalue weighted by Gasteiger charge is -2.15. The molecule has 1 N–H and O–H groups in total. The van der Waals surface area contributed by atoms with Crippen LogP contribution in [0.2, 0.25) is 0 Å². The van der Waals surface area contributed by atoms with Gasteiger partial charge in [0.1, 0.15) is 0 Å². The predicted molar refractivity (Wildman–Crippen MR) is 58.3 cm³/mol. The molecule has 1 unspecified atom stereocenters. The number of nitrogens with one attached hydrogen (secondary N) is 1. The molecule has 0 amide bonds. The molecule has 1 aromatic rings. The molecule has 1 atom stereocenters. The Kier molecular flexibility index (Phi) is 2.50. The van der Waals surface area contributed by atoms with Crippen molar-refractivity contribution in [3.63, 3.8) is 0 Å². The molecule has 1 aliphatic rings. The van der Waals surface area contributed by atoms with E-state index in [1.165, 1.54) is 5.56 Å². The van der Waals surface area contributed by atoms with Gasteiger partial charge in [-0.05, 0) is 30.0 Å². The van der Waals surface area contributed by atoms with E-state index in [0.29, 0.717) is 6.04 Å². The van der Waals surface area contributed by atoms with Gasteiger partial charge < -0.3 is 5.32 Å². The Hall–Kier alpha value is -1.02. The summed E-state index contributed by atoms with van der Waals surface area (Å²) in [6, 6.07) is 8.67. The van der Waals surface area contributed by atoms with Gasteiger partial charge in [0.15, 0.2) is 0 Å². The molecule has 1 nitrogen and oxygen atoms in total. The molecule has 0 saturated heterocycles. The lowest BCUT2D eigenvalue weighted by Crippen LogP contribution is -2.14. The van der Waals surface area contributed by atoms with Crippen molar-refractivity contribution in [2.45, 2.75) is 6.04 Å². The zero-order valence-electron chi connectivity index (χ0n) is 7.07. The summed E-state index contributed by atoms with van der Waals surface area (Å²) in [5.41, 5.74) is 1.28. The molecule has 0 fully saturated rings. The molecular formula is C11H10BrN. The van der Waals surface area contributed by atoms with Crippen LogP contribution in [-0.2, 0) is 0 Å². The highest BCUT2D eigenvalue weighted by atomic mass is 79.9. The fourth-order valence-corrected chi connectivity index (χ4v) is 1.59. The first-order valence-electron chi connectivity index (χ1n) is 4.21. The predicted octanol–water partition coefficient (Wildman–Crippen LogP) is 3.16. The summed E-state index contributed by atoms with van der Waals surface area (Å²) in [4.78, 5) is 0. The van der Waals surface area contributed by atoms with Crippen LogP contribution in [0.15, 0.2) is 53.2 Å². The number of rotatable bonds is 1. The first-order chi connectivity index (χ1) is 6.36. The number of hydrogen-bond donors (Lipinski definition) is 1. The van der Waals surface area contributed by atoms with Crippen LogP contribution in [0.4, 0.5) is 0 Å². The highest BCUT2D eigenvalue weighted by molar-refractivity contribution is 9.10. The maximum atomic E-state index is 3.42. The lowest BCUT2D eigenvalue weighted by atomic mass is 10.1. The van der Waals surface area contributed by atoms with E-state index in [4.69, 9.17) is 0 Å². The van der Waals surface area contributed by atoms with Gasteiger partial charge in [-0.25, -0.2) is 0 Å². The second kappa shape index (κ2) is 3.79. The van der Waals surface area contributed by atoms with Gasteiger partial charge in [-0.2, -0.15) is 0 Å². The Morgan fingerprint density at radius 1 is 1.08 bits per heavy atom. The van der Waals surface area contributed by atoms with Gasteiger partial charge in [0.2, 0.25) is 0 Å².